The van der Waals surface area contributed by atoms with Gasteiger partial charge in [0.05, 0.1) is 27.9 Å². The minimum Gasteiger partial charge on any atom is -0.497 e. The lowest BCUT2D eigenvalue weighted by Gasteiger charge is -2.36. The maximum Gasteiger partial charge on any atom is 0.328 e. The summed E-state index contributed by atoms with van der Waals surface area (Å²) in [5.74, 6) is 0.685. The summed E-state index contributed by atoms with van der Waals surface area (Å²) in [4.78, 5) is 27.7. The Morgan fingerprint density at radius 1 is 0.729 bits per heavy atom. The number of methoxy groups -OCH3 is 3. The molecule has 4 rings (SSSR count). The average molecular weight is 655 g/mol. The Labute approximate surface area is 283 Å². The van der Waals surface area contributed by atoms with E-state index in [1.54, 1.807) is 14.2 Å². The lowest BCUT2D eigenvalue weighted by Crippen LogP contribution is -2.47. The Bertz CT molecular complexity index is 1480. The second-order valence-electron chi connectivity index (χ2n) is 11.4. The highest BCUT2D eigenvalue weighted by molar-refractivity contribution is 5.85. The van der Waals surface area contributed by atoms with Gasteiger partial charge in [0.2, 0.25) is 5.91 Å². The van der Waals surface area contributed by atoms with Gasteiger partial charge in [-0.2, -0.15) is 0 Å². The van der Waals surface area contributed by atoms with Crippen LogP contribution in [0, 0.1) is 0 Å². The molecule has 2 N–H and O–H groups in total. The van der Waals surface area contributed by atoms with Crippen LogP contribution >= 0.6 is 0 Å². The molecule has 0 bridgehead atoms. The van der Waals surface area contributed by atoms with Crippen molar-refractivity contribution in [3.05, 3.63) is 131 Å². The molecule has 0 saturated heterocycles. The summed E-state index contributed by atoms with van der Waals surface area (Å²) in [6, 6.07) is 34.5. The third-order valence-electron chi connectivity index (χ3n) is 8.21. The number of hydrogen-bond donors (Lipinski definition) is 2. The van der Waals surface area contributed by atoms with Crippen LogP contribution in [0.25, 0.3) is 0 Å². The van der Waals surface area contributed by atoms with E-state index in [-0.39, 0.29) is 19.1 Å². The quantitative estimate of drug-likeness (QED) is 0.0828. The van der Waals surface area contributed by atoms with E-state index in [2.05, 4.69) is 17.4 Å². The second-order valence-corrected chi connectivity index (χ2v) is 11.4. The monoisotopic (exact) mass is 654 g/mol. The van der Waals surface area contributed by atoms with Gasteiger partial charge < -0.3 is 29.4 Å². The van der Waals surface area contributed by atoms with E-state index in [9.17, 15) is 14.7 Å². The van der Waals surface area contributed by atoms with Crippen molar-refractivity contribution >= 4 is 11.9 Å². The van der Waals surface area contributed by atoms with E-state index in [0.29, 0.717) is 39.0 Å². The van der Waals surface area contributed by atoms with Crippen LogP contribution in [0.15, 0.2) is 109 Å². The molecule has 0 aliphatic heterocycles. The molecule has 0 aliphatic carbocycles. The molecule has 1 amide bonds. The van der Waals surface area contributed by atoms with Crippen LogP contribution in [-0.2, 0) is 31.1 Å². The van der Waals surface area contributed by atoms with Crippen LogP contribution in [0.1, 0.15) is 35.1 Å². The van der Waals surface area contributed by atoms with Crippen LogP contribution in [0.5, 0.6) is 11.5 Å². The third kappa shape index (κ3) is 9.67. The van der Waals surface area contributed by atoms with Gasteiger partial charge in [-0.25, -0.2) is 4.79 Å². The highest BCUT2D eigenvalue weighted by atomic mass is 16.5. The molecule has 0 unspecified atom stereocenters. The first kappa shape index (κ1) is 36.1. The second kappa shape index (κ2) is 18.6. The minimum atomic E-state index is -0.946. The fraction of sp³-hybridized carbons (Fsp3) is 0.333. The van der Waals surface area contributed by atoms with Crippen molar-refractivity contribution in [2.75, 3.05) is 54.2 Å². The number of nitrogens with zero attached hydrogens (tertiary/aromatic N) is 1. The van der Waals surface area contributed by atoms with Crippen LogP contribution in [0.4, 0.5) is 0 Å². The molecule has 0 spiro atoms. The van der Waals surface area contributed by atoms with Crippen molar-refractivity contribution < 1.29 is 33.6 Å². The van der Waals surface area contributed by atoms with Crippen molar-refractivity contribution in [2.45, 2.75) is 30.9 Å². The third-order valence-corrected chi connectivity index (χ3v) is 8.21. The largest absolute Gasteiger partial charge is 0.497 e. The Hall–Kier alpha value is -4.70. The van der Waals surface area contributed by atoms with Gasteiger partial charge in [0.25, 0.3) is 0 Å². The zero-order chi connectivity index (χ0) is 34.2. The lowest BCUT2D eigenvalue weighted by atomic mass is 9.80. The molecule has 0 aromatic heterocycles. The SMILES string of the molecule is COC(=O)[C@H](Cc1ccccc1)NC(=O)CN(CCCO)CCCOC(c1ccccc1)(c1ccc(OC)cc1)c1ccc(OC)cc1. The highest BCUT2D eigenvalue weighted by Crippen LogP contribution is 2.41. The lowest BCUT2D eigenvalue weighted by molar-refractivity contribution is -0.145. The molecule has 48 heavy (non-hydrogen) atoms. The number of carbonyl (C=O) groups is 2. The van der Waals surface area contributed by atoms with E-state index in [4.69, 9.17) is 18.9 Å². The van der Waals surface area contributed by atoms with Gasteiger partial charge in [-0.05, 0) is 59.4 Å². The normalized spacial score (nSPS) is 11.9. The zero-order valence-electron chi connectivity index (χ0n) is 28.0. The minimum absolute atomic E-state index is 0.000526. The van der Waals surface area contributed by atoms with Gasteiger partial charge >= 0.3 is 5.97 Å². The van der Waals surface area contributed by atoms with Gasteiger partial charge in [-0.1, -0.05) is 84.9 Å². The molecular weight excluding hydrogens is 608 g/mol. The Balaban J connectivity index is 1.52. The number of ether oxygens (including phenoxy) is 4. The summed E-state index contributed by atoms with van der Waals surface area (Å²) < 4.78 is 22.8. The summed E-state index contributed by atoms with van der Waals surface area (Å²) in [7, 11) is 4.59. The Kier molecular flexibility index (Phi) is 14.0. The van der Waals surface area contributed by atoms with Crippen LogP contribution in [-0.4, -0.2) is 82.1 Å². The fourth-order valence-electron chi connectivity index (χ4n) is 5.78. The maximum atomic E-state index is 13.2. The predicted molar refractivity (Wildman–Crippen MR) is 185 cm³/mol. The number of nitrogens with one attached hydrogen (secondary N) is 1. The Morgan fingerprint density at radius 2 is 1.25 bits per heavy atom. The van der Waals surface area contributed by atoms with Gasteiger partial charge in [-0.3, -0.25) is 9.69 Å². The molecule has 254 valence electrons. The smallest absolute Gasteiger partial charge is 0.328 e. The number of hydrogen-bond acceptors (Lipinski definition) is 8. The van der Waals surface area contributed by atoms with Gasteiger partial charge in [-0.15, -0.1) is 0 Å². The number of benzene rings is 4. The van der Waals surface area contributed by atoms with E-state index in [1.165, 1.54) is 7.11 Å². The van der Waals surface area contributed by atoms with Crippen LogP contribution in [0.2, 0.25) is 0 Å². The molecule has 9 heteroatoms. The topological polar surface area (TPSA) is 107 Å². The van der Waals surface area contributed by atoms with Crippen LogP contribution < -0.4 is 14.8 Å². The molecule has 0 heterocycles. The summed E-state index contributed by atoms with van der Waals surface area (Å²) in [5.41, 5.74) is 2.80. The highest BCUT2D eigenvalue weighted by Gasteiger charge is 2.37. The van der Waals surface area contributed by atoms with Gasteiger partial charge in [0.1, 0.15) is 23.1 Å². The number of amides is 1. The maximum absolute atomic E-state index is 13.2. The molecular formula is C39H46N2O7. The number of rotatable bonds is 19. The summed E-state index contributed by atoms with van der Waals surface area (Å²) >= 11 is 0. The van der Waals surface area contributed by atoms with E-state index in [1.807, 2.05) is 102 Å². The standard InChI is InChI=1S/C39H46N2O7/c1-45-34-20-16-32(17-21-34)39(31-14-8-5-9-15-31,33-18-22-35(46-2)23-19-33)48-27-11-25-41(24-10-26-42)29-37(43)40-36(38(44)47-3)28-30-12-6-4-7-13-30/h4-9,12-23,36,42H,10-11,24-29H2,1-3H3,(H,40,43)/t36-/m0/s1. The van der Waals surface area contributed by atoms with Crippen molar-refractivity contribution in [3.8, 4) is 11.5 Å². The molecule has 0 fully saturated rings. The number of aliphatic hydroxyl groups excluding tert-OH is 1. The van der Waals surface area contributed by atoms with E-state index < -0.39 is 17.6 Å². The first-order valence-corrected chi connectivity index (χ1v) is 16.2. The Morgan fingerprint density at radius 3 is 1.77 bits per heavy atom. The van der Waals surface area contributed by atoms with Gasteiger partial charge in [0, 0.05) is 32.7 Å². The van der Waals surface area contributed by atoms with Crippen molar-refractivity contribution in [2.24, 2.45) is 0 Å². The number of aliphatic hydroxyl groups is 1. The van der Waals surface area contributed by atoms with E-state index >= 15 is 0 Å². The molecule has 0 saturated carbocycles. The first-order valence-electron chi connectivity index (χ1n) is 16.2. The predicted octanol–water partition coefficient (Wildman–Crippen LogP) is 4.99. The molecule has 1 atom stereocenters. The van der Waals surface area contributed by atoms with Crippen molar-refractivity contribution in [1.29, 1.82) is 0 Å². The summed E-state index contributed by atoms with van der Waals surface area (Å²) in [6.45, 7) is 1.46. The average Bonchev–Trinajstić information content (AvgIpc) is 3.14. The summed E-state index contributed by atoms with van der Waals surface area (Å²) in [6.07, 6.45) is 1.43. The molecule has 0 aliphatic rings. The van der Waals surface area contributed by atoms with Crippen LogP contribution in [0.3, 0.4) is 0 Å². The first-order chi connectivity index (χ1) is 23.4. The summed E-state index contributed by atoms with van der Waals surface area (Å²) in [5, 5.41) is 12.4. The molecule has 4 aromatic rings. The molecule has 0 radical (unpaired) electrons. The fourth-order valence-corrected chi connectivity index (χ4v) is 5.78. The number of carbonyl (C=O) groups excluding carboxylic acids is 2. The van der Waals surface area contributed by atoms with Gasteiger partial charge in [0.15, 0.2) is 0 Å². The zero-order valence-corrected chi connectivity index (χ0v) is 28.0. The van der Waals surface area contributed by atoms with E-state index in [0.717, 1.165) is 33.8 Å². The van der Waals surface area contributed by atoms with Crippen molar-refractivity contribution in [3.63, 3.8) is 0 Å². The number of esters is 1. The molecule has 9 nitrogen and oxygen atoms in total. The van der Waals surface area contributed by atoms with Crippen molar-refractivity contribution in [1.82, 2.24) is 10.2 Å². The molecule has 4 aromatic carbocycles.